The highest BCUT2D eigenvalue weighted by Gasteiger charge is 2.14. The molecule has 0 aliphatic rings. The molecule has 0 unspecified atom stereocenters. The average Bonchev–Trinajstić information content (AvgIpc) is 2.39. The normalized spacial score (nSPS) is 9.89. The van der Waals surface area contributed by atoms with Gasteiger partial charge in [0.25, 0.3) is 0 Å². The molecule has 0 aromatic carbocycles. The Morgan fingerprint density at radius 1 is 1.28 bits per heavy atom. The molecule has 0 radical (unpaired) electrons. The van der Waals surface area contributed by atoms with Gasteiger partial charge in [-0.05, 0) is 26.0 Å². The fourth-order valence-electron chi connectivity index (χ4n) is 1.58. The van der Waals surface area contributed by atoms with E-state index in [0.29, 0.717) is 19.6 Å². The molecule has 1 aromatic heterocycles. The summed E-state index contributed by atoms with van der Waals surface area (Å²) in [6.45, 7) is 5.40. The summed E-state index contributed by atoms with van der Waals surface area (Å²) in [5.74, 6) is -0.406. The predicted molar refractivity (Wildman–Crippen MR) is 68.6 cm³/mol. The molecule has 0 atom stereocenters. The van der Waals surface area contributed by atoms with E-state index < -0.39 is 0 Å². The van der Waals surface area contributed by atoms with Crippen LogP contribution in [0.2, 0.25) is 0 Å². The SMILES string of the molecule is CCN(CC)C(=O)CC(=O)NCc1ccccn1. The molecule has 0 spiro atoms. The van der Waals surface area contributed by atoms with Gasteiger partial charge >= 0.3 is 0 Å². The van der Waals surface area contributed by atoms with E-state index in [2.05, 4.69) is 10.3 Å². The molecule has 1 rings (SSSR count). The van der Waals surface area contributed by atoms with Gasteiger partial charge in [-0.1, -0.05) is 6.07 Å². The van der Waals surface area contributed by atoms with Crippen LogP contribution in [0.3, 0.4) is 0 Å². The molecule has 1 N–H and O–H groups in total. The highest BCUT2D eigenvalue weighted by atomic mass is 16.2. The number of nitrogens with zero attached hydrogens (tertiary/aromatic N) is 2. The van der Waals surface area contributed by atoms with Gasteiger partial charge < -0.3 is 10.2 Å². The molecule has 0 saturated carbocycles. The zero-order valence-electron chi connectivity index (χ0n) is 10.8. The molecule has 0 aliphatic heterocycles. The van der Waals surface area contributed by atoms with Gasteiger partial charge in [0.2, 0.25) is 11.8 Å². The van der Waals surface area contributed by atoms with Crippen molar-refractivity contribution in [2.24, 2.45) is 0 Å². The first-order valence-electron chi connectivity index (χ1n) is 6.11. The van der Waals surface area contributed by atoms with Gasteiger partial charge in [0.05, 0.1) is 12.2 Å². The smallest absolute Gasteiger partial charge is 0.231 e. The highest BCUT2D eigenvalue weighted by Crippen LogP contribution is 1.96. The zero-order chi connectivity index (χ0) is 13.4. The van der Waals surface area contributed by atoms with Crippen molar-refractivity contribution in [1.82, 2.24) is 15.2 Å². The van der Waals surface area contributed by atoms with Gasteiger partial charge in [-0.3, -0.25) is 14.6 Å². The second-order valence-corrected chi connectivity index (χ2v) is 3.84. The lowest BCUT2D eigenvalue weighted by molar-refractivity contribution is -0.135. The third kappa shape index (κ3) is 4.53. The largest absolute Gasteiger partial charge is 0.350 e. The summed E-state index contributed by atoms with van der Waals surface area (Å²) in [6.07, 6.45) is 1.57. The minimum Gasteiger partial charge on any atom is -0.350 e. The van der Waals surface area contributed by atoms with Gasteiger partial charge in [-0.15, -0.1) is 0 Å². The maximum absolute atomic E-state index is 11.7. The Balaban J connectivity index is 2.36. The minimum absolute atomic E-state index is 0.103. The number of pyridine rings is 1. The molecular formula is C13H19N3O2. The molecule has 98 valence electrons. The lowest BCUT2D eigenvalue weighted by Gasteiger charge is -2.18. The molecule has 2 amide bonds. The molecule has 1 aromatic rings. The van der Waals surface area contributed by atoms with E-state index in [-0.39, 0.29) is 18.2 Å². The maximum Gasteiger partial charge on any atom is 0.231 e. The van der Waals surface area contributed by atoms with Gasteiger partial charge in [0, 0.05) is 19.3 Å². The summed E-state index contributed by atoms with van der Waals surface area (Å²) in [6, 6.07) is 5.50. The van der Waals surface area contributed by atoms with E-state index in [1.54, 1.807) is 11.1 Å². The van der Waals surface area contributed by atoms with Crippen LogP contribution in [0.25, 0.3) is 0 Å². The van der Waals surface area contributed by atoms with Crippen LogP contribution in [0, 0.1) is 0 Å². The zero-order valence-corrected chi connectivity index (χ0v) is 10.8. The molecule has 0 saturated heterocycles. The van der Waals surface area contributed by atoms with E-state index in [4.69, 9.17) is 0 Å². The molecule has 0 aliphatic carbocycles. The quantitative estimate of drug-likeness (QED) is 0.764. The first kappa shape index (κ1) is 14.2. The Morgan fingerprint density at radius 2 is 2.00 bits per heavy atom. The standard InChI is InChI=1S/C13H19N3O2/c1-3-16(4-2)13(18)9-12(17)15-10-11-7-5-6-8-14-11/h5-8H,3-4,9-10H2,1-2H3,(H,15,17). The second-order valence-electron chi connectivity index (χ2n) is 3.84. The number of rotatable bonds is 6. The van der Waals surface area contributed by atoms with Crippen LogP contribution < -0.4 is 5.32 Å². The van der Waals surface area contributed by atoms with Crippen molar-refractivity contribution in [3.05, 3.63) is 30.1 Å². The van der Waals surface area contributed by atoms with Crippen molar-refractivity contribution in [3.63, 3.8) is 0 Å². The summed E-state index contributed by atoms with van der Waals surface area (Å²) in [4.78, 5) is 29.0. The topological polar surface area (TPSA) is 62.3 Å². The summed E-state index contributed by atoms with van der Waals surface area (Å²) >= 11 is 0. The first-order chi connectivity index (χ1) is 8.67. The van der Waals surface area contributed by atoms with E-state index in [1.165, 1.54) is 0 Å². The number of aromatic nitrogens is 1. The van der Waals surface area contributed by atoms with Crippen molar-refractivity contribution >= 4 is 11.8 Å². The summed E-state index contributed by atoms with van der Waals surface area (Å²) in [5, 5.41) is 2.68. The Morgan fingerprint density at radius 3 is 2.56 bits per heavy atom. The van der Waals surface area contributed by atoms with Crippen LogP contribution >= 0.6 is 0 Å². The molecule has 5 heteroatoms. The van der Waals surface area contributed by atoms with Crippen LogP contribution in [-0.4, -0.2) is 34.8 Å². The molecule has 5 nitrogen and oxygen atoms in total. The molecule has 1 heterocycles. The minimum atomic E-state index is -0.266. The highest BCUT2D eigenvalue weighted by molar-refractivity contribution is 5.96. The lowest BCUT2D eigenvalue weighted by atomic mass is 10.3. The third-order valence-electron chi connectivity index (χ3n) is 2.62. The number of carbonyl (C=O) groups excluding carboxylic acids is 2. The van der Waals surface area contributed by atoms with Crippen molar-refractivity contribution in [2.75, 3.05) is 13.1 Å². The maximum atomic E-state index is 11.7. The van der Waals surface area contributed by atoms with Crippen LogP contribution in [0.5, 0.6) is 0 Å². The third-order valence-corrected chi connectivity index (χ3v) is 2.62. The number of hydrogen-bond donors (Lipinski definition) is 1. The van der Waals surface area contributed by atoms with Crippen molar-refractivity contribution in [2.45, 2.75) is 26.8 Å². The van der Waals surface area contributed by atoms with Gasteiger partial charge in [-0.25, -0.2) is 0 Å². The molecule has 0 bridgehead atoms. The van der Waals surface area contributed by atoms with Gasteiger partial charge in [-0.2, -0.15) is 0 Å². The Hall–Kier alpha value is -1.91. The molecule has 0 fully saturated rings. The monoisotopic (exact) mass is 249 g/mol. The summed E-state index contributed by atoms with van der Waals surface area (Å²) < 4.78 is 0. The van der Waals surface area contributed by atoms with Gasteiger partial charge in [0.1, 0.15) is 6.42 Å². The second kappa shape index (κ2) is 7.42. The average molecular weight is 249 g/mol. The van der Waals surface area contributed by atoms with Crippen molar-refractivity contribution in [1.29, 1.82) is 0 Å². The molecular weight excluding hydrogens is 230 g/mol. The van der Waals surface area contributed by atoms with Crippen LogP contribution in [0.15, 0.2) is 24.4 Å². The van der Waals surface area contributed by atoms with Gasteiger partial charge in [0.15, 0.2) is 0 Å². The van der Waals surface area contributed by atoms with Crippen molar-refractivity contribution in [3.8, 4) is 0 Å². The fourth-order valence-corrected chi connectivity index (χ4v) is 1.58. The predicted octanol–water partition coefficient (Wildman–Crippen LogP) is 0.956. The van der Waals surface area contributed by atoms with E-state index in [9.17, 15) is 9.59 Å². The van der Waals surface area contributed by atoms with E-state index in [0.717, 1.165) is 5.69 Å². The Bertz CT molecular complexity index is 388. The summed E-state index contributed by atoms with van der Waals surface area (Å²) in [7, 11) is 0. The van der Waals surface area contributed by atoms with Crippen LogP contribution in [0.1, 0.15) is 26.0 Å². The van der Waals surface area contributed by atoms with Crippen LogP contribution in [-0.2, 0) is 16.1 Å². The Kier molecular flexibility index (Phi) is 5.84. The first-order valence-corrected chi connectivity index (χ1v) is 6.11. The summed E-state index contributed by atoms with van der Waals surface area (Å²) in [5.41, 5.74) is 0.779. The van der Waals surface area contributed by atoms with E-state index in [1.807, 2.05) is 32.0 Å². The number of nitrogens with one attached hydrogen (secondary N) is 1. The van der Waals surface area contributed by atoms with Crippen LogP contribution in [0.4, 0.5) is 0 Å². The van der Waals surface area contributed by atoms with E-state index >= 15 is 0 Å². The number of hydrogen-bond acceptors (Lipinski definition) is 3. The molecule has 18 heavy (non-hydrogen) atoms. The fraction of sp³-hybridized carbons (Fsp3) is 0.462. The lowest BCUT2D eigenvalue weighted by Crippen LogP contribution is -2.35. The number of carbonyl (C=O) groups is 2. The Labute approximate surface area is 107 Å². The number of amides is 2. The van der Waals surface area contributed by atoms with Crippen molar-refractivity contribution < 1.29 is 9.59 Å².